The topological polar surface area (TPSA) is 83.0 Å². The molecule has 196 valence electrons. The molecule has 7 nitrogen and oxygen atoms in total. The van der Waals surface area contributed by atoms with E-state index in [0.29, 0.717) is 24.6 Å². The number of carbonyl (C=O) groups excluding carboxylic acids is 1. The van der Waals surface area contributed by atoms with Gasteiger partial charge in [0.25, 0.3) is 5.91 Å². The summed E-state index contributed by atoms with van der Waals surface area (Å²) in [4.78, 5) is 16.4. The molecule has 2 aliphatic rings. The van der Waals surface area contributed by atoms with E-state index >= 15 is 0 Å². The first-order valence-corrected chi connectivity index (χ1v) is 12.9. The molecule has 1 unspecified atom stereocenters. The van der Waals surface area contributed by atoms with Gasteiger partial charge >= 0.3 is 6.18 Å². The van der Waals surface area contributed by atoms with Gasteiger partial charge in [0.15, 0.2) is 5.84 Å². The van der Waals surface area contributed by atoms with Crippen LogP contribution in [0.2, 0.25) is 0 Å². The van der Waals surface area contributed by atoms with Crippen LogP contribution in [0.5, 0.6) is 5.75 Å². The van der Waals surface area contributed by atoms with E-state index in [1.165, 1.54) is 6.08 Å². The molecule has 0 radical (unpaired) electrons. The molecule has 0 saturated carbocycles. The zero-order valence-corrected chi connectivity index (χ0v) is 21.4. The number of aromatic nitrogens is 1. The normalized spacial score (nSPS) is 17.6. The van der Waals surface area contributed by atoms with Gasteiger partial charge in [-0.25, -0.2) is 0 Å². The van der Waals surface area contributed by atoms with E-state index in [4.69, 9.17) is 10.1 Å². The van der Waals surface area contributed by atoms with Crippen molar-refractivity contribution in [2.24, 2.45) is 10.1 Å². The highest BCUT2D eigenvalue weighted by Gasteiger charge is 2.46. The van der Waals surface area contributed by atoms with Crippen LogP contribution in [0.4, 0.5) is 13.2 Å². The molecule has 1 amide bonds. The number of hydrogen-bond acceptors (Lipinski definition) is 5. The highest BCUT2D eigenvalue weighted by Crippen LogP contribution is 2.36. The molecule has 0 saturated heterocycles. The van der Waals surface area contributed by atoms with Gasteiger partial charge in [-0.3, -0.25) is 10.2 Å². The Labute approximate surface area is 221 Å². The highest BCUT2D eigenvalue weighted by molar-refractivity contribution is 8.27. The van der Waals surface area contributed by atoms with Crippen molar-refractivity contribution in [3.8, 4) is 5.75 Å². The molecule has 0 aliphatic carbocycles. The third-order valence-corrected chi connectivity index (χ3v) is 7.42. The maximum Gasteiger partial charge on any atom is 0.441 e. The Morgan fingerprint density at radius 1 is 1.16 bits per heavy atom. The zero-order valence-electron chi connectivity index (χ0n) is 20.6. The SMILES string of the molecule is CCC(C)c1ccccc1OCCn1cc(/C=C2\C(=N)N3N=C(C(F)(F)F)SC3=NC2=O)c2ccccc21. The molecule has 1 aromatic heterocycles. The predicted octanol–water partition coefficient (Wildman–Crippen LogP) is 6.42. The minimum Gasteiger partial charge on any atom is -0.491 e. The van der Waals surface area contributed by atoms with Gasteiger partial charge in [-0.1, -0.05) is 50.2 Å². The van der Waals surface area contributed by atoms with E-state index in [1.54, 1.807) is 0 Å². The van der Waals surface area contributed by atoms with Crippen LogP contribution in [-0.2, 0) is 11.3 Å². The molecule has 0 spiro atoms. The summed E-state index contributed by atoms with van der Waals surface area (Å²) in [6.07, 6.45) is -0.375. The van der Waals surface area contributed by atoms with E-state index in [-0.39, 0.29) is 22.5 Å². The van der Waals surface area contributed by atoms with Gasteiger partial charge in [-0.15, -0.1) is 0 Å². The first kappa shape index (κ1) is 25.8. The standard InChI is InChI=1S/C27H24F3N5O2S/c1-3-16(2)18-8-5-7-11-22(18)37-13-12-34-15-17(19-9-4-6-10-21(19)34)14-20-23(31)35-26(32-24(20)36)38-25(33-35)27(28,29)30/h4-11,14-16,31H,3,12-13H2,1-2H3/b20-14+,31-23?. The molecule has 1 N–H and O–H groups in total. The Morgan fingerprint density at radius 3 is 2.66 bits per heavy atom. The number of fused-ring (bicyclic) bond motifs is 2. The number of carbonyl (C=O) groups is 1. The summed E-state index contributed by atoms with van der Waals surface area (Å²) >= 11 is 0.229. The number of aliphatic imine (C=N–C) groups is 1. The number of thioether (sulfide) groups is 1. The van der Waals surface area contributed by atoms with Crippen molar-refractivity contribution in [2.75, 3.05) is 6.61 Å². The monoisotopic (exact) mass is 539 g/mol. The van der Waals surface area contributed by atoms with Gasteiger partial charge < -0.3 is 9.30 Å². The summed E-state index contributed by atoms with van der Waals surface area (Å²) in [7, 11) is 0. The smallest absolute Gasteiger partial charge is 0.441 e. The van der Waals surface area contributed by atoms with Crippen molar-refractivity contribution >= 4 is 50.7 Å². The number of hydrogen-bond donors (Lipinski definition) is 1. The highest BCUT2D eigenvalue weighted by atomic mass is 32.2. The third kappa shape index (κ3) is 4.85. The number of ether oxygens (including phenoxy) is 1. The predicted molar refractivity (Wildman–Crippen MR) is 144 cm³/mol. The largest absolute Gasteiger partial charge is 0.491 e. The van der Waals surface area contributed by atoms with Gasteiger partial charge in [0.2, 0.25) is 10.2 Å². The molecular formula is C27H24F3N5O2S. The number of alkyl halides is 3. The minimum absolute atomic E-state index is 0.136. The summed E-state index contributed by atoms with van der Waals surface area (Å²) < 4.78 is 47.5. The fourth-order valence-electron chi connectivity index (χ4n) is 4.33. The molecule has 1 atom stereocenters. The van der Waals surface area contributed by atoms with Crippen LogP contribution in [0.25, 0.3) is 17.0 Å². The summed E-state index contributed by atoms with van der Waals surface area (Å²) in [5.41, 5.74) is 2.55. The van der Waals surface area contributed by atoms with Gasteiger partial charge in [0, 0.05) is 22.7 Å². The second kappa shape index (κ2) is 10.1. The Bertz CT molecular complexity index is 1520. The molecule has 5 rings (SSSR count). The molecule has 0 fully saturated rings. The number of rotatable bonds is 7. The van der Waals surface area contributed by atoms with Crippen LogP contribution in [0.15, 0.2) is 70.4 Å². The Kier molecular flexibility index (Phi) is 6.87. The number of halogens is 3. The fourth-order valence-corrected chi connectivity index (χ4v) is 5.09. The van der Waals surface area contributed by atoms with E-state index < -0.39 is 23.0 Å². The van der Waals surface area contributed by atoms with E-state index in [0.717, 1.165) is 33.6 Å². The van der Waals surface area contributed by atoms with E-state index in [9.17, 15) is 18.0 Å². The number of nitrogens with one attached hydrogen (secondary N) is 1. The van der Waals surface area contributed by atoms with Crippen molar-refractivity contribution in [1.82, 2.24) is 9.58 Å². The van der Waals surface area contributed by atoms with Crippen molar-refractivity contribution < 1.29 is 22.7 Å². The van der Waals surface area contributed by atoms with Crippen molar-refractivity contribution in [3.63, 3.8) is 0 Å². The first-order chi connectivity index (χ1) is 18.2. The van der Waals surface area contributed by atoms with Crippen LogP contribution in [0.1, 0.15) is 37.3 Å². The maximum atomic E-state index is 13.1. The fraction of sp³-hybridized carbons (Fsp3) is 0.259. The van der Waals surface area contributed by atoms with Crippen LogP contribution >= 0.6 is 11.8 Å². The average Bonchev–Trinajstić information content (AvgIpc) is 3.48. The lowest BCUT2D eigenvalue weighted by molar-refractivity contribution is -0.114. The molecule has 11 heteroatoms. The summed E-state index contributed by atoms with van der Waals surface area (Å²) in [5.74, 6) is -0.0190. The molecule has 3 heterocycles. The van der Waals surface area contributed by atoms with Gasteiger partial charge in [0.05, 0.1) is 12.1 Å². The van der Waals surface area contributed by atoms with E-state index in [2.05, 4.69) is 30.0 Å². The Morgan fingerprint density at radius 2 is 1.89 bits per heavy atom. The van der Waals surface area contributed by atoms with Crippen LogP contribution in [0.3, 0.4) is 0 Å². The second-order valence-corrected chi connectivity index (χ2v) is 9.87. The van der Waals surface area contributed by atoms with Crippen LogP contribution in [0, 0.1) is 5.41 Å². The lowest BCUT2D eigenvalue weighted by atomic mass is 9.98. The maximum absolute atomic E-state index is 13.1. The van der Waals surface area contributed by atoms with Crippen LogP contribution < -0.4 is 4.74 Å². The van der Waals surface area contributed by atoms with Crippen LogP contribution in [-0.4, -0.2) is 44.3 Å². The Balaban J connectivity index is 1.41. The van der Waals surface area contributed by atoms with E-state index in [1.807, 2.05) is 53.2 Å². The lowest BCUT2D eigenvalue weighted by Gasteiger charge is -2.20. The first-order valence-electron chi connectivity index (χ1n) is 12.0. The summed E-state index contributed by atoms with van der Waals surface area (Å²) in [5, 5.41) is 12.0. The van der Waals surface area contributed by atoms with Gasteiger partial charge in [-0.2, -0.15) is 28.3 Å². The third-order valence-electron chi connectivity index (χ3n) is 6.47. The van der Waals surface area contributed by atoms with Crippen molar-refractivity contribution in [2.45, 2.75) is 38.9 Å². The second-order valence-electron chi connectivity index (χ2n) is 8.91. The summed E-state index contributed by atoms with van der Waals surface area (Å²) in [6, 6.07) is 15.6. The quantitative estimate of drug-likeness (QED) is 0.352. The zero-order chi connectivity index (χ0) is 27.0. The summed E-state index contributed by atoms with van der Waals surface area (Å²) in [6.45, 7) is 5.23. The number of hydrazone groups is 1. The van der Waals surface area contributed by atoms with Crippen molar-refractivity contribution in [1.29, 1.82) is 5.41 Å². The molecule has 3 aromatic rings. The number of amides is 1. The number of amidine groups is 2. The average molecular weight is 540 g/mol. The van der Waals surface area contributed by atoms with Gasteiger partial charge in [-0.05, 0) is 47.9 Å². The lowest BCUT2D eigenvalue weighted by Crippen LogP contribution is -2.35. The number of nitrogens with zero attached hydrogens (tertiary/aromatic N) is 4. The minimum atomic E-state index is -4.69. The molecule has 38 heavy (non-hydrogen) atoms. The molecule has 2 aromatic carbocycles. The Hall–Kier alpha value is -3.86. The number of para-hydroxylation sites is 2. The number of benzene rings is 2. The van der Waals surface area contributed by atoms with Crippen molar-refractivity contribution in [3.05, 3.63) is 71.4 Å². The van der Waals surface area contributed by atoms with Gasteiger partial charge in [0.1, 0.15) is 12.4 Å². The molecule has 2 aliphatic heterocycles. The molecular weight excluding hydrogens is 515 g/mol. The molecule has 0 bridgehead atoms.